The Bertz CT molecular complexity index is 1020. The van der Waals surface area contributed by atoms with Gasteiger partial charge in [-0.1, -0.05) is 0 Å². The molecule has 4 N–H and O–H groups in total. The minimum absolute atomic E-state index is 0.0183. The summed E-state index contributed by atoms with van der Waals surface area (Å²) < 4.78 is 10.7. The number of carbonyl (C=O) groups is 2. The highest BCUT2D eigenvalue weighted by molar-refractivity contribution is 6.31. The largest absolute Gasteiger partial charge is 0.493 e. The average Bonchev–Trinajstić information content (AvgIpc) is 3.07. The summed E-state index contributed by atoms with van der Waals surface area (Å²) in [6.07, 6.45) is 2.62. The number of benzene rings is 2. The van der Waals surface area contributed by atoms with Crippen LogP contribution >= 0.6 is 0 Å². The zero-order valence-corrected chi connectivity index (χ0v) is 18.9. The molecule has 0 fully saturated rings. The number of anilines is 3. The fourth-order valence-corrected chi connectivity index (χ4v) is 3.69. The molecule has 1 heterocycles. The van der Waals surface area contributed by atoms with Crippen LogP contribution in [0.25, 0.3) is 5.57 Å². The van der Waals surface area contributed by atoms with E-state index >= 15 is 0 Å². The van der Waals surface area contributed by atoms with Gasteiger partial charge in [-0.3, -0.25) is 9.59 Å². The maximum Gasteiger partial charge on any atom is 0.256 e. The molecule has 1 aliphatic rings. The van der Waals surface area contributed by atoms with Gasteiger partial charge in [0.25, 0.3) is 5.91 Å². The summed E-state index contributed by atoms with van der Waals surface area (Å²) in [5, 5.41) is 6.25. The van der Waals surface area contributed by atoms with E-state index in [1.807, 2.05) is 37.3 Å². The average molecular weight is 439 g/mol. The highest BCUT2D eigenvalue weighted by atomic mass is 16.5. The normalized spacial score (nSPS) is 14.5. The summed E-state index contributed by atoms with van der Waals surface area (Å²) in [5.74, 6) is 0.936. The van der Waals surface area contributed by atoms with Crippen molar-refractivity contribution >= 4 is 34.4 Å². The van der Waals surface area contributed by atoms with E-state index in [1.165, 1.54) is 0 Å². The second kappa shape index (κ2) is 10.2. The number of ether oxygens (including phenoxy) is 2. The van der Waals surface area contributed by atoms with Crippen molar-refractivity contribution in [2.24, 2.45) is 5.73 Å². The zero-order chi connectivity index (χ0) is 23.3. The van der Waals surface area contributed by atoms with Crippen LogP contribution in [0.1, 0.15) is 25.8 Å². The van der Waals surface area contributed by atoms with Crippen LogP contribution in [0.2, 0.25) is 0 Å². The molecule has 3 rings (SSSR count). The van der Waals surface area contributed by atoms with Crippen LogP contribution in [0.5, 0.6) is 11.5 Å². The third kappa shape index (κ3) is 5.03. The Kier molecular flexibility index (Phi) is 7.37. The van der Waals surface area contributed by atoms with Gasteiger partial charge in [-0.2, -0.15) is 0 Å². The molecule has 1 aliphatic heterocycles. The van der Waals surface area contributed by atoms with Crippen molar-refractivity contribution < 1.29 is 19.1 Å². The van der Waals surface area contributed by atoms with Gasteiger partial charge in [-0.15, -0.1) is 0 Å². The SMILES string of the molecule is COc1cc2c(cc1OC)C(=CC(C)Nc1ccc(N(CCCN)C(C)=O)cc1)C(=O)N2. The molecule has 2 aromatic carbocycles. The van der Waals surface area contributed by atoms with Crippen molar-refractivity contribution in [3.8, 4) is 11.5 Å². The molecule has 0 radical (unpaired) electrons. The van der Waals surface area contributed by atoms with E-state index in [0.717, 1.165) is 23.4 Å². The quantitative estimate of drug-likeness (QED) is 0.519. The smallest absolute Gasteiger partial charge is 0.256 e. The summed E-state index contributed by atoms with van der Waals surface area (Å²) in [4.78, 5) is 26.2. The number of amides is 2. The lowest BCUT2D eigenvalue weighted by atomic mass is 10.0. The van der Waals surface area contributed by atoms with Crippen molar-refractivity contribution in [3.05, 3.63) is 48.0 Å². The summed E-state index contributed by atoms with van der Waals surface area (Å²) in [5.41, 5.74) is 9.32. The fraction of sp³-hybridized carbons (Fsp3) is 0.333. The summed E-state index contributed by atoms with van der Waals surface area (Å²) >= 11 is 0. The molecule has 2 amide bonds. The van der Waals surface area contributed by atoms with Crippen LogP contribution in [-0.4, -0.2) is 45.2 Å². The standard InChI is InChI=1S/C24H30N4O4/c1-15(26-17-6-8-18(9-7-17)28(16(2)29)11-5-10-25)12-20-19-13-22(31-3)23(32-4)14-21(19)27-24(20)30/h6-9,12-15,26H,5,10-11,25H2,1-4H3,(H,27,30). The van der Waals surface area contributed by atoms with Gasteiger partial charge in [0.05, 0.1) is 19.9 Å². The molecular weight excluding hydrogens is 408 g/mol. The van der Waals surface area contributed by atoms with Gasteiger partial charge < -0.3 is 30.7 Å². The van der Waals surface area contributed by atoms with Crippen LogP contribution in [0, 0.1) is 0 Å². The lowest BCUT2D eigenvalue weighted by Crippen LogP contribution is -2.30. The molecule has 0 bridgehead atoms. The lowest BCUT2D eigenvalue weighted by Gasteiger charge is -2.21. The first kappa shape index (κ1) is 23.1. The number of hydrogen-bond acceptors (Lipinski definition) is 6. The summed E-state index contributed by atoms with van der Waals surface area (Å²) in [7, 11) is 3.12. The van der Waals surface area contributed by atoms with Gasteiger partial charge in [0, 0.05) is 48.1 Å². The number of nitrogens with one attached hydrogen (secondary N) is 2. The Morgan fingerprint density at radius 3 is 2.44 bits per heavy atom. The molecule has 2 aromatic rings. The van der Waals surface area contributed by atoms with E-state index in [0.29, 0.717) is 35.8 Å². The second-order valence-corrected chi connectivity index (χ2v) is 7.58. The van der Waals surface area contributed by atoms with Gasteiger partial charge in [-0.25, -0.2) is 0 Å². The van der Waals surface area contributed by atoms with Crippen LogP contribution in [0.4, 0.5) is 17.1 Å². The van der Waals surface area contributed by atoms with E-state index in [2.05, 4.69) is 10.6 Å². The number of nitrogens with zero attached hydrogens (tertiary/aromatic N) is 1. The first-order valence-electron chi connectivity index (χ1n) is 10.5. The monoisotopic (exact) mass is 438 g/mol. The molecule has 0 saturated heterocycles. The van der Waals surface area contributed by atoms with Crippen molar-refractivity contribution in [2.45, 2.75) is 26.3 Å². The molecule has 1 atom stereocenters. The minimum Gasteiger partial charge on any atom is -0.493 e. The molecule has 8 heteroatoms. The fourth-order valence-electron chi connectivity index (χ4n) is 3.69. The number of hydrogen-bond donors (Lipinski definition) is 3. The number of methoxy groups -OCH3 is 2. The number of rotatable bonds is 9. The summed E-state index contributed by atoms with van der Waals surface area (Å²) in [6, 6.07) is 11.1. The van der Waals surface area contributed by atoms with Crippen LogP contribution in [0.15, 0.2) is 42.5 Å². The van der Waals surface area contributed by atoms with E-state index in [9.17, 15) is 9.59 Å². The molecule has 8 nitrogen and oxygen atoms in total. The van der Waals surface area contributed by atoms with E-state index in [-0.39, 0.29) is 17.9 Å². The van der Waals surface area contributed by atoms with E-state index in [1.54, 1.807) is 38.2 Å². The Hall–Kier alpha value is -3.52. The molecule has 32 heavy (non-hydrogen) atoms. The second-order valence-electron chi connectivity index (χ2n) is 7.58. The molecule has 0 aliphatic carbocycles. The molecule has 0 aromatic heterocycles. The Labute approximate surface area is 188 Å². The minimum atomic E-state index is -0.170. The Balaban J connectivity index is 1.76. The molecular formula is C24H30N4O4. The van der Waals surface area contributed by atoms with Gasteiger partial charge in [0.1, 0.15) is 0 Å². The first-order chi connectivity index (χ1) is 15.4. The summed E-state index contributed by atoms with van der Waals surface area (Å²) in [6.45, 7) is 4.64. The maximum atomic E-state index is 12.6. The van der Waals surface area contributed by atoms with Crippen molar-refractivity contribution in [2.75, 3.05) is 42.8 Å². The molecule has 0 saturated carbocycles. The Morgan fingerprint density at radius 1 is 1.19 bits per heavy atom. The topological polar surface area (TPSA) is 106 Å². The van der Waals surface area contributed by atoms with Crippen LogP contribution < -0.4 is 30.7 Å². The Morgan fingerprint density at radius 2 is 1.84 bits per heavy atom. The van der Waals surface area contributed by atoms with Crippen LogP contribution in [0.3, 0.4) is 0 Å². The molecule has 1 unspecified atom stereocenters. The molecule has 170 valence electrons. The van der Waals surface area contributed by atoms with Crippen molar-refractivity contribution in [3.63, 3.8) is 0 Å². The number of fused-ring (bicyclic) bond motifs is 1. The third-order valence-electron chi connectivity index (χ3n) is 5.26. The van der Waals surface area contributed by atoms with E-state index in [4.69, 9.17) is 15.2 Å². The van der Waals surface area contributed by atoms with Gasteiger partial charge in [-0.05, 0) is 56.3 Å². The van der Waals surface area contributed by atoms with Crippen molar-refractivity contribution in [1.82, 2.24) is 0 Å². The number of nitrogens with two attached hydrogens (primary N) is 1. The van der Waals surface area contributed by atoms with Gasteiger partial charge in [0.2, 0.25) is 5.91 Å². The van der Waals surface area contributed by atoms with E-state index < -0.39 is 0 Å². The predicted octanol–water partition coefficient (Wildman–Crippen LogP) is 3.24. The predicted molar refractivity (Wildman–Crippen MR) is 127 cm³/mol. The highest BCUT2D eigenvalue weighted by Crippen LogP contribution is 2.40. The number of carbonyl (C=O) groups excluding carboxylic acids is 2. The third-order valence-corrected chi connectivity index (χ3v) is 5.26. The maximum absolute atomic E-state index is 12.6. The van der Waals surface area contributed by atoms with Gasteiger partial charge >= 0.3 is 0 Å². The first-order valence-corrected chi connectivity index (χ1v) is 10.5. The van der Waals surface area contributed by atoms with Gasteiger partial charge in [0.15, 0.2) is 11.5 Å². The van der Waals surface area contributed by atoms with Crippen LogP contribution in [-0.2, 0) is 9.59 Å². The lowest BCUT2D eigenvalue weighted by molar-refractivity contribution is -0.116. The zero-order valence-electron chi connectivity index (χ0n) is 18.9. The molecule has 0 spiro atoms. The highest BCUT2D eigenvalue weighted by Gasteiger charge is 2.27. The van der Waals surface area contributed by atoms with Crippen molar-refractivity contribution in [1.29, 1.82) is 0 Å².